The molecule has 0 heterocycles. The Morgan fingerprint density at radius 2 is 2.15 bits per heavy atom. The number of rotatable bonds is 5. The fourth-order valence-corrected chi connectivity index (χ4v) is 2.63. The van der Waals surface area contributed by atoms with Crippen molar-refractivity contribution in [2.75, 3.05) is 14.2 Å². The summed E-state index contributed by atoms with van der Waals surface area (Å²) in [7, 11) is 3.34. The lowest BCUT2D eigenvalue weighted by Gasteiger charge is -2.51. The minimum Gasteiger partial charge on any atom is -0.490 e. The summed E-state index contributed by atoms with van der Waals surface area (Å²) < 4.78 is 10.9. The summed E-state index contributed by atoms with van der Waals surface area (Å²) in [6.07, 6.45) is 0.941. The number of nitro groups is 1. The molecule has 0 saturated heterocycles. The van der Waals surface area contributed by atoms with Gasteiger partial charge in [-0.25, -0.2) is 0 Å². The number of ether oxygens (including phenoxy) is 2. The highest BCUT2D eigenvalue weighted by atomic mass is 16.6. The monoisotopic (exact) mass is 280 g/mol. The SMILES string of the molecule is CNC1CC(Oc2ccc(OC)c([N+](=O)[O-])c2)C1(C)C. The van der Waals surface area contributed by atoms with Crippen LogP contribution in [-0.4, -0.2) is 31.2 Å². The molecule has 2 atom stereocenters. The van der Waals surface area contributed by atoms with Crippen LogP contribution in [0.3, 0.4) is 0 Å². The van der Waals surface area contributed by atoms with E-state index in [0.29, 0.717) is 11.8 Å². The van der Waals surface area contributed by atoms with Gasteiger partial charge in [0.15, 0.2) is 5.75 Å². The van der Waals surface area contributed by atoms with E-state index in [9.17, 15) is 10.1 Å². The highest BCUT2D eigenvalue weighted by Crippen LogP contribution is 2.43. The van der Waals surface area contributed by atoms with Gasteiger partial charge in [0.25, 0.3) is 0 Å². The molecule has 20 heavy (non-hydrogen) atoms. The number of hydrogen-bond donors (Lipinski definition) is 1. The molecule has 1 saturated carbocycles. The van der Waals surface area contributed by atoms with Gasteiger partial charge in [-0.2, -0.15) is 0 Å². The van der Waals surface area contributed by atoms with E-state index in [4.69, 9.17) is 9.47 Å². The largest absolute Gasteiger partial charge is 0.490 e. The molecule has 110 valence electrons. The van der Waals surface area contributed by atoms with Crippen molar-refractivity contribution in [3.05, 3.63) is 28.3 Å². The molecule has 6 heteroatoms. The normalized spacial score (nSPS) is 23.8. The molecule has 0 radical (unpaired) electrons. The Morgan fingerprint density at radius 3 is 2.65 bits per heavy atom. The van der Waals surface area contributed by atoms with Crippen molar-refractivity contribution in [1.29, 1.82) is 0 Å². The van der Waals surface area contributed by atoms with Crippen LogP contribution in [0, 0.1) is 15.5 Å². The van der Waals surface area contributed by atoms with E-state index in [0.717, 1.165) is 6.42 Å². The first kappa shape index (κ1) is 14.6. The average molecular weight is 280 g/mol. The van der Waals surface area contributed by atoms with Gasteiger partial charge in [0.05, 0.1) is 18.1 Å². The highest BCUT2D eigenvalue weighted by Gasteiger charge is 2.49. The van der Waals surface area contributed by atoms with Crippen LogP contribution >= 0.6 is 0 Å². The van der Waals surface area contributed by atoms with E-state index >= 15 is 0 Å². The van der Waals surface area contributed by atoms with Gasteiger partial charge < -0.3 is 14.8 Å². The van der Waals surface area contributed by atoms with Crippen molar-refractivity contribution < 1.29 is 14.4 Å². The number of hydrogen-bond acceptors (Lipinski definition) is 5. The Labute approximate surface area is 118 Å². The second-order valence-electron chi connectivity index (χ2n) is 5.60. The van der Waals surface area contributed by atoms with Crippen molar-refractivity contribution in [1.82, 2.24) is 5.32 Å². The van der Waals surface area contributed by atoms with E-state index in [1.807, 2.05) is 7.05 Å². The molecule has 1 aliphatic rings. The van der Waals surface area contributed by atoms with Crippen LogP contribution in [0.25, 0.3) is 0 Å². The molecular formula is C14H20N2O4. The number of nitro benzene ring substituents is 1. The summed E-state index contributed by atoms with van der Waals surface area (Å²) in [6.45, 7) is 4.25. The first-order valence-corrected chi connectivity index (χ1v) is 6.56. The third-order valence-corrected chi connectivity index (χ3v) is 4.15. The third-order valence-electron chi connectivity index (χ3n) is 4.15. The summed E-state index contributed by atoms with van der Waals surface area (Å²) in [6, 6.07) is 5.09. The summed E-state index contributed by atoms with van der Waals surface area (Å²) >= 11 is 0. The van der Waals surface area contributed by atoms with Gasteiger partial charge in [0.1, 0.15) is 11.9 Å². The molecule has 0 aromatic heterocycles. The smallest absolute Gasteiger partial charge is 0.314 e. The van der Waals surface area contributed by atoms with Crippen molar-refractivity contribution in [2.24, 2.45) is 5.41 Å². The highest BCUT2D eigenvalue weighted by molar-refractivity contribution is 5.51. The van der Waals surface area contributed by atoms with Gasteiger partial charge in [-0.1, -0.05) is 13.8 Å². The predicted octanol–water partition coefficient (Wildman–Crippen LogP) is 2.37. The zero-order valence-corrected chi connectivity index (χ0v) is 12.2. The summed E-state index contributed by atoms with van der Waals surface area (Å²) in [5.41, 5.74) is -0.0731. The Kier molecular flexibility index (Phi) is 3.85. The Morgan fingerprint density at radius 1 is 1.45 bits per heavy atom. The molecule has 1 fully saturated rings. The van der Waals surface area contributed by atoms with Crippen LogP contribution in [0.4, 0.5) is 5.69 Å². The molecule has 1 aromatic rings. The second kappa shape index (κ2) is 5.28. The van der Waals surface area contributed by atoms with E-state index < -0.39 is 4.92 Å². The van der Waals surface area contributed by atoms with Gasteiger partial charge in [0.2, 0.25) is 0 Å². The first-order valence-electron chi connectivity index (χ1n) is 6.56. The van der Waals surface area contributed by atoms with Crippen molar-refractivity contribution >= 4 is 5.69 Å². The maximum atomic E-state index is 11.0. The topological polar surface area (TPSA) is 73.6 Å². The number of nitrogens with one attached hydrogen (secondary N) is 1. The van der Waals surface area contributed by atoms with Crippen molar-refractivity contribution in [2.45, 2.75) is 32.4 Å². The van der Waals surface area contributed by atoms with Crippen LogP contribution in [0.1, 0.15) is 20.3 Å². The Bertz CT molecular complexity index is 516. The number of methoxy groups -OCH3 is 1. The fraction of sp³-hybridized carbons (Fsp3) is 0.571. The summed E-state index contributed by atoms with van der Waals surface area (Å²) in [5.74, 6) is 0.744. The molecule has 0 amide bonds. The molecular weight excluding hydrogens is 260 g/mol. The van der Waals surface area contributed by atoms with Crippen LogP contribution < -0.4 is 14.8 Å². The minimum absolute atomic E-state index is 0.00343. The zero-order valence-electron chi connectivity index (χ0n) is 12.2. The minimum atomic E-state index is -0.464. The Balaban J connectivity index is 2.15. The summed E-state index contributed by atoms with van der Waals surface area (Å²) in [4.78, 5) is 10.5. The Hall–Kier alpha value is -1.82. The van der Waals surface area contributed by atoms with Crippen LogP contribution in [0.15, 0.2) is 18.2 Å². The molecule has 1 aromatic carbocycles. The van der Waals surface area contributed by atoms with Crippen molar-refractivity contribution in [3.63, 3.8) is 0 Å². The molecule has 1 N–H and O–H groups in total. The number of nitrogens with zero attached hydrogens (tertiary/aromatic N) is 1. The lowest BCUT2D eigenvalue weighted by molar-refractivity contribution is -0.385. The van der Waals surface area contributed by atoms with E-state index in [1.54, 1.807) is 12.1 Å². The average Bonchev–Trinajstić information content (AvgIpc) is 2.42. The molecule has 0 spiro atoms. The molecule has 6 nitrogen and oxygen atoms in total. The van der Waals surface area contributed by atoms with E-state index in [2.05, 4.69) is 19.2 Å². The molecule has 2 unspecified atom stereocenters. The predicted molar refractivity (Wildman–Crippen MR) is 75.3 cm³/mol. The second-order valence-corrected chi connectivity index (χ2v) is 5.60. The maximum absolute atomic E-state index is 11.0. The third kappa shape index (κ3) is 2.43. The van der Waals surface area contributed by atoms with Gasteiger partial charge >= 0.3 is 5.69 Å². The summed E-state index contributed by atoms with van der Waals surface area (Å²) in [5, 5.41) is 14.2. The van der Waals surface area contributed by atoms with Gasteiger partial charge in [0, 0.05) is 17.9 Å². The van der Waals surface area contributed by atoms with Crippen LogP contribution in [0.5, 0.6) is 11.5 Å². The molecule has 1 aliphatic carbocycles. The van der Waals surface area contributed by atoms with E-state index in [1.165, 1.54) is 13.2 Å². The van der Waals surface area contributed by atoms with E-state index in [-0.39, 0.29) is 23.0 Å². The van der Waals surface area contributed by atoms with Crippen LogP contribution in [0.2, 0.25) is 0 Å². The van der Waals surface area contributed by atoms with Gasteiger partial charge in [-0.15, -0.1) is 0 Å². The maximum Gasteiger partial charge on any atom is 0.314 e. The van der Waals surface area contributed by atoms with Gasteiger partial charge in [-0.3, -0.25) is 10.1 Å². The zero-order chi connectivity index (χ0) is 14.9. The molecule has 0 aliphatic heterocycles. The van der Waals surface area contributed by atoms with Crippen molar-refractivity contribution in [3.8, 4) is 11.5 Å². The molecule has 2 rings (SSSR count). The quantitative estimate of drug-likeness (QED) is 0.662. The first-order chi connectivity index (χ1) is 9.40. The fourth-order valence-electron chi connectivity index (χ4n) is 2.63. The van der Waals surface area contributed by atoms with Crippen LogP contribution in [-0.2, 0) is 0 Å². The van der Waals surface area contributed by atoms with Gasteiger partial charge in [-0.05, 0) is 19.2 Å². The molecule has 0 bridgehead atoms. The lowest BCUT2D eigenvalue weighted by atomic mass is 9.64. The standard InChI is InChI=1S/C14H20N2O4/c1-14(2)12(15-3)8-13(14)20-9-5-6-11(19-4)10(7-9)16(17)18/h5-7,12-13,15H,8H2,1-4H3. The lowest BCUT2D eigenvalue weighted by Crippen LogP contribution is -2.61. The number of benzene rings is 1.